The average molecular weight is 374 g/mol. The highest BCUT2D eigenvalue weighted by atomic mass is 19.1. The zero-order valence-electron chi connectivity index (χ0n) is 14.8. The molecule has 0 unspecified atom stereocenters. The Kier molecular flexibility index (Phi) is 6.87. The second-order valence-corrected chi connectivity index (χ2v) is 5.51. The van der Waals surface area contributed by atoms with Gasteiger partial charge in [-0.3, -0.25) is 14.4 Å². The Morgan fingerprint density at radius 1 is 1.07 bits per heavy atom. The van der Waals surface area contributed by atoms with Crippen LogP contribution < -0.4 is 15.4 Å². The summed E-state index contributed by atoms with van der Waals surface area (Å²) in [7, 11) is 1.47. The monoisotopic (exact) mass is 374 g/mol. The summed E-state index contributed by atoms with van der Waals surface area (Å²) >= 11 is 0. The summed E-state index contributed by atoms with van der Waals surface area (Å²) < 4.78 is 23.0. The summed E-state index contributed by atoms with van der Waals surface area (Å²) in [6, 6.07) is 11.7. The number of para-hydroxylation sites is 2. The summed E-state index contributed by atoms with van der Waals surface area (Å²) in [6.45, 7) is 0.979. The first kappa shape index (κ1) is 19.9. The molecule has 0 saturated carbocycles. The maximum atomic E-state index is 12.8. The van der Waals surface area contributed by atoms with Crippen molar-refractivity contribution in [3.8, 4) is 5.75 Å². The van der Waals surface area contributed by atoms with Crippen molar-refractivity contribution in [2.45, 2.75) is 13.0 Å². The third-order valence-electron chi connectivity index (χ3n) is 3.54. The average Bonchev–Trinajstić information content (AvgIpc) is 2.67. The van der Waals surface area contributed by atoms with E-state index in [1.54, 1.807) is 24.3 Å². The van der Waals surface area contributed by atoms with Gasteiger partial charge in [0.05, 0.1) is 12.8 Å². The molecule has 0 radical (unpaired) electrons. The molecule has 0 aliphatic rings. The number of carbonyl (C=O) groups excluding carboxylic acids is 3. The van der Waals surface area contributed by atoms with E-state index in [1.165, 1.54) is 26.2 Å². The highest BCUT2D eigenvalue weighted by Gasteiger charge is 2.19. The second-order valence-electron chi connectivity index (χ2n) is 5.51. The molecule has 7 nitrogen and oxygen atoms in total. The number of halogens is 1. The molecule has 8 heteroatoms. The van der Waals surface area contributed by atoms with Gasteiger partial charge in [0.15, 0.2) is 6.10 Å². The number of ether oxygens (including phenoxy) is 2. The molecular formula is C19H19FN2O5. The van der Waals surface area contributed by atoms with Gasteiger partial charge in [-0.1, -0.05) is 12.1 Å². The first-order valence-corrected chi connectivity index (χ1v) is 8.08. The van der Waals surface area contributed by atoms with Crippen LogP contribution in [-0.4, -0.2) is 37.5 Å². The smallest absolute Gasteiger partial charge is 0.326 e. The van der Waals surface area contributed by atoms with Crippen LogP contribution >= 0.6 is 0 Å². The molecule has 2 aromatic rings. The molecule has 0 aromatic heterocycles. The van der Waals surface area contributed by atoms with E-state index in [0.29, 0.717) is 11.4 Å². The number of hydrogen-bond acceptors (Lipinski definition) is 5. The summed E-state index contributed by atoms with van der Waals surface area (Å²) in [4.78, 5) is 35.8. The molecule has 2 rings (SSSR count). The highest BCUT2D eigenvalue weighted by molar-refractivity contribution is 5.97. The van der Waals surface area contributed by atoms with E-state index in [2.05, 4.69) is 10.6 Å². The van der Waals surface area contributed by atoms with E-state index < -0.39 is 36.2 Å². The Labute approximate surface area is 155 Å². The normalized spacial score (nSPS) is 11.2. The van der Waals surface area contributed by atoms with Gasteiger partial charge in [0.1, 0.15) is 18.1 Å². The van der Waals surface area contributed by atoms with E-state index >= 15 is 0 Å². The Morgan fingerprint density at radius 3 is 2.41 bits per heavy atom. The van der Waals surface area contributed by atoms with Crippen molar-refractivity contribution < 1.29 is 28.2 Å². The molecule has 27 heavy (non-hydrogen) atoms. The number of rotatable bonds is 7. The topological polar surface area (TPSA) is 93.7 Å². The van der Waals surface area contributed by atoms with Crippen LogP contribution in [0, 0.1) is 5.82 Å². The van der Waals surface area contributed by atoms with E-state index in [4.69, 9.17) is 9.47 Å². The summed E-state index contributed by atoms with van der Waals surface area (Å²) in [5.41, 5.74) is 0.642. The number of carbonyl (C=O) groups is 3. The van der Waals surface area contributed by atoms with Gasteiger partial charge in [0.25, 0.3) is 11.8 Å². The lowest BCUT2D eigenvalue weighted by molar-refractivity contribution is -0.152. The summed E-state index contributed by atoms with van der Waals surface area (Å²) in [5.74, 6) is -1.89. The number of methoxy groups -OCH3 is 1. The van der Waals surface area contributed by atoms with Gasteiger partial charge in [-0.05, 0) is 43.3 Å². The number of anilines is 1. The van der Waals surface area contributed by atoms with Crippen LogP contribution in [0.15, 0.2) is 48.5 Å². The third-order valence-corrected chi connectivity index (χ3v) is 3.54. The lowest BCUT2D eigenvalue weighted by Crippen LogP contribution is -2.35. The van der Waals surface area contributed by atoms with Crippen molar-refractivity contribution in [3.05, 3.63) is 59.9 Å². The second kappa shape index (κ2) is 9.33. The quantitative estimate of drug-likeness (QED) is 0.724. The van der Waals surface area contributed by atoms with Gasteiger partial charge in [-0.25, -0.2) is 4.39 Å². The minimum atomic E-state index is -1.08. The molecular weight excluding hydrogens is 355 g/mol. The predicted molar refractivity (Wildman–Crippen MR) is 95.9 cm³/mol. The van der Waals surface area contributed by atoms with Crippen LogP contribution in [0.5, 0.6) is 5.75 Å². The Bertz CT molecular complexity index is 823. The van der Waals surface area contributed by atoms with Crippen LogP contribution in [0.4, 0.5) is 10.1 Å². The molecule has 0 aliphatic heterocycles. The van der Waals surface area contributed by atoms with Crippen molar-refractivity contribution >= 4 is 23.5 Å². The fourth-order valence-electron chi connectivity index (χ4n) is 2.13. The molecule has 0 bridgehead atoms. The van der Waals surface area contributed by atoms with Crippen molar-refractivity contribution in [1.29, 1.82) is 0 Å². The predicted octanol–water partition coefficient (Wildman–Crippen LogP) is 2.13. The van der Waals surface area contributed by atoms with Gasteiger partial charge in [0, 0.05) is 5.56 Å². The number of esters is 1. The molecule has 0 heterocycles. The van der Waals surface area contributed by atoms with Crippen LogP contribution in [0.2, 0.25) is 0 Å². The zero-order chi connectivity index (χ0) is 19.8. The van der Waals surface area contributed by atoms with E-state index in [-0.39, 0.29) is 5.56 Å². The van der Waals surface area contributed by atoms with E-state index in [0.717, 1.165) is 12.1 Å². The maximum absolute atomic E-state index is 12.8. The largest absolute Gasteiger partial charge is 0.495 e. The fourth-order valence-corrected chi connectivity index (χ4v) is 2.13. The minimum absolute atomic E-state index is 0.200. The van der Waals surface area contributed by atoms with Crippen molar-refractivity contribution in [3.63, 3.8) is 0 Å². The SMILES string of the molecule is COc1ccccc1NC(=O)[C@@H](C)OC(=O)CNC(=O)c1ccc(F)cc1. The van der Waals surface area contributed by atoms with Crippen LogP contribution in [-0.2, 0) is 14.3 Å². The Morgan fingerprint density at radius 2 is 1.74 bits per heavy atom. The highest BCUT2D eigenvalue weighted by Crippen LogP contribution is 2.23. The number of nitrogens with one attached hydrogen (secondary N) is 2. The Balaban J connectivity index is 1.83. The molecule has 1 atom stereocenters. The van der Waals surface area contributed by atoms with Gasteiger partial charge in [-0.2, -0.15) is 0 Å². The van der Waals surface area contributed by atoms with Crippen molar-refractivity contribution in [2.24, 2.45) is 0 Å². The number of benzene rings is 2. The summed E-state index contributed by atoms with van der Waals surface area (Å²) in [5, 5.41) is 4.94. The van der Waals surface area contributed by atoms with Crippen LogP contribution in [0.25, 0.3) is 0 Å². The Hall–Kier alpha value is -3.42. The van der Waals surface area contributed by atoms with Gasteiger partial charge < -0.3 is 20.1 Å². The van der Waals surface area contributed by atoms with E-state index in [9.17, 15) is 18.8 Å². The minimum Gasteiger partial charge on any atom is -0.495 e. The first-order valence-electron chi connectivity index (χ1n) is 8.08. The maximum Gasteiger partial charge on any atom is 0.326 e. The molecule has 0 saturated heterocycles. The lowest BCUT2D eigenvalue weighted by atomic mass is 10.2. The van der Waals surface area contributed by atoms with Gasteiger partial charge in [-0.15, -0.1) is 0 Å². The van der Waals surface area contributed by atoms with Crippen molar-refractivity contribution in [1.82, 2.24) is 5.32 Å². The molecule has 2 N–H and O–H groups in total. The molecule has 2 aromatic carbocycles. The molecule has 0 fully saturated rings. The molecule has 0 spiro atoms. The lowest BCUT2D eigenvalue weighted by Gasteiger charge is -2.15. The van der Waals surface area contributed by atoms with E-state index in [1.807, 2.05) is 0 Å². The number of hydrogen-bond donors (Lipinski definition) is 2. The molecule has 2 amide bonds. The van der Waals surface area contributed by atoms with Crippen molar-refractivity contribution in [2.75, 3.05) is 19.0 Å². The zero-order valence-corrected chi connectivity index (χ0v) is 14.8. The van der Waals surface area contributed by atoms with Crippen LogP contribution in [0.3, 0.4) is 0 Å². The standard InChI is InChI=1S/C19H19FN2O5/c1-12(18(24)22-15-5-3-4-6-16(15)26-2)27-17(23)11-21-19(25)13-7-9-14(20)10-8-13/h3-10,12H,11H2,1-2H3,(H,21,25)(H,22,24)/t12-/m1/s1. The third kappa shape index (κ3) is 5.81. The molecule has 0 aliphatic carbocycles. The van der Waals surface area contributed by atoms with Gasteiger partial charge >= 0.3 is 5.97 Å². The van der Waals surface area contributed by atoms with Gasteiger partial charge in [0.2, 0.25) is 0 Å². The summed E-state index contributed by atoms with van der Waals surface area (Å²) in [6.07, 6.45) is -1.08. The fraction of sp³-hybridized carbons (Fsp3) is 0.211. The van der Waals surface area contributed by atoms with Crippen LogP contribution in [0.1, 0.15) is 17.3 Å². The molecule has 142 valence electrons. The number of amides is 2. The first-order chi connectivity index (χ1) is 12.9.